The van der Waals surface area contributed by atoms with E-state index in [1.54, 1.807) is 11.3 Å². The molecule has 1 heterocycles. The van der Waals surface area contributed by atoms with E-state index in [-0.39, 0.29) is 0 Å². The van der Waals surface area contributed by atoms with Crippen molar-refractivity contribution >= 4 is 40.1 Å². The Morgan fingerprint density at radius 1 is 1.36 bits per heavy atom. The molecule has 0 saturated carbocycles. The lowest BCUT2D eigenvalue weighted by atomic mass is 10.1. The Morgan fingerprint density at radius 2 is 2.14 bits per heavy atom. The molecule has 0 aliphatic rings. The van der Waals surface area contributed by atoms with Crippen molar-refractivity contribution in [3.8, 4) is 0 Å². The molecule has 2 aromatic rings. The molecule has 0 amide bonds. The highest BCUT2D eigenvalue weighted by Gasteiger charge is 2.07. The molecule has 1 aromatic carbocycles. The lowest BCUT2D eigenvalue weighted by Crippen LogP contribution is -2.26. The van der Waals surface area contributed by atoms with Crippen LogP contribution >= 0.6 is 23.6 Å². The van der Waals surface area contributed by atoms with Gasteiger partial charge in [-0.25, -0.2) is 4.98 Å². The van der Waals surface area contributed by atoms with Crippen LogP contribution < -0.4 is 10.7 Å². The summed E-state index contributed by atoms with van der Waals surface area (Å²) in [5, 5.41) is 8.08. The summed E-state index contributed by atoms with van der Waals surface area (Å²) in [5.41, 5.74) is 10.1. The van der Waals surface area contributed by atoms with Gasteiger partial charge in [0.1, 0.15) is 0 Å². The van der Waals surface area contributed by atoms with Gasteiger partial charge in [-0.1, -0.05) is 25.1 Å². The monoisotopic (exact) mass is 332 g/mol. The molecule has 0 radical (unpaired) electrons. The first kappa shape index (κ1) is 16.6. The standard InChI is InChI=1S/C16H20N4S2/c1-5-13-8-6-7-10(2)14(13)18-16(21)20-19-12(4)15-11(3)17-9-22-15/h6-9H,5H2,1-4H3,(H2,18,20,21). The molecule has 2 N–H and O–H groups in total. The average molecular weight is 332 g/mol. The summed E-state index contributed by atoms with van der Waals surface area (Å²) in [4.78, 5) is 5.30. The fraction of sp³-hybridized carbons (Fsp3) is 0.312. The molecule has 22 heavy (non-hydrogen) atoms. The quantitative estimate of drug-likeness (QED) is 0.504. The molecule has 0 fully saturated rings. The van der Waals surface area contributed by atoms with Crippen molar-refractivity contribution in [2.75, 3.05) is 5.32 Å². The third kappa shape index (κ3) is 3.90. The van der Waals surface area contributed by atoms with Crippen LogP contribution in [0.1, 0.15) is 35.5 Å². The summed E-state index contributed by atoms with van der Waals surface area (Å²) in [6.45, 7) is 8.12. The summed E-state index contributed by atoms with van der Waals surface area (Å²) in [5.74, 6) is 0. The minimum atomic E-state index is 0.491. The molecule has 116 valence electrons. The van der Waals surface area contributed by atoms with E-state index in [0.29, 0.717) is 5.11 Å². The van der Waals surface area contributed by atoms with Gasteiger partial charge >= 0.3 is 0 Å². The average Bonchev–Trinajstić information content (AvgIpc) is 2.93. The fourth-order valence-corrected chi connectivity index (χ4v) is 3.08. The van der Waals surface area contributed by atoms with Gasteiger partial charge in [-0.3, -0.25) is 5.43 Å². The Hall–Kier alpha value is -1.79. The number of rotatable bonds is 4. The molecular formula is C16H20N4S2. The maximum Gasteiger partial charge on any atom is 0.191 e. The number of benzene rings is 1. The maximum absolute atomic E-state index is 5.34. The normalized spacial score (nSPS) is 11.4. The van der Waals surface area contributed by atoms with E-state index in [4.69, 9.17) is 12.2 Å². The number of anilines is 1. The van der Waals surface area contributed by atoms with Crippen molar-refractivity contribution in [3.05, 3.63) is 45.4 Å². The molecule has 0 atom stereocenters. The van der Waals surface area contributed by atoms with Crippen molar-refractivity contribution in [2.45, 2.75) is 34.1 Å². The molecule has 0 unspecified atom stereocenters. The number of hydrazone groups is 1. The van der Waals surface area contributed by atoms with Gasteiger partial charge in [0.2, 0.25) is 0 Å². The number of aromatic nitrogens is 1. The zero-order valence-corrected chi connectivity index (χ0v) is 14.9. The largest absolute Gasteiger partial charge is 0.331 e. The molecule has 1 aromatic heterocycles. The van der Waals surface area contributed by atoms with Crippen LogP contribution in [0, 0.1) is 13.8 Å². The summed E-state index contributed by atoms with van der Waals surface area (Å²) >= 11 is 6.92. The van der Waals surface area contributed by atoms with E-state index in [1.807, 2.05) is 19.4 Å². The van der Waals surface area contributed by atoms with E-state index in [9.17, 15) is 0 Å². The molecule has 0 bridgehead atoms. The summed E-state index contributed by atoms with van der Waals surface area (Å²) in [6, 6.07) is 6.23. The van der Waals surface area contributed by atoms with Gasteiger partial charge in [-0.2, -0.15) is 5.10 Å². The first-order valence-corrected chi connectivity index (χ1v) is 8.42. The van der Waals surface area contributed by atoms with Crippen molar-refractivity contribution < 1.29 is 0 Å². The van der Waals surface area contributed by atoms with Crippen LogP contribution in [-0.4, -0.2) is 15.8 Å². The fourth-order valence-electron chi connectivity index (χ4n) is 2.18. The number of hydrogen-bond acceptors (Lipinski definition) is 4. The summed E-state index contributed by atoms with van der Waals surface area (Å²) in [6.07, 6.45) is 0.953. The summed E-state index contributed by atoms with van der Waals surface area (Å²) in [7, 11) is 0. The highest BCUT2D eigenvalue weighted by Crippen LogP contribution is 2.21. The predicted octanol–water partition coefficient (Wildman–Crippen LogP) is 4.03. The molecule has 0 spiro atoms. The third-order valence-corrected chi connectivity index (χ3v) is 4.61. The Labute approximate surface area is 140 Å². The second-order valence-electron chi connectivity index (χ2n) is 4.99. The number of para-hydroxylation sites is 1. The third-order valence-electron chi connectivity index (χ3n) is 3.38. The van der Waals surface area contributed by atoms with Crippen molar-refractivity contribution in [2.24, 2.45) is 5.10 Å². The number of nitrogens with zero attached hydrogens (tertiary/aromatic N) is 2. The number of hydrogen-bond donors (Lipinski definition) is 2. The van der Waals surface area contributed by atoms with Gasteiger partial charge < -0.3 is 5.32 Å². The zero-order chi connectivity index (χ0) is 16.1. The predicted molar refractivity (Wildman–Crippen MR) is 99.0 cm³/mol. The Balaban J connectivity index is 2.07. The van der Waals surface area contributed by atoms with Crippen LogP contribution in [0.3, 0.4) is 0 Å². The molecular weight excluding hydrogens is 312 g/mol. The minimum absolute atomic E-state index is 0.491. The number of thiazole rings is 1. The molecule has 6 heteroatoms. The van der Waals surface area contributed by atoms with Gasteiger partial charge in [0.15, 0.2) is 5.11 Å². The summed E-state index contributed by atoms with van der Waals surface area (Å²) < 4.78 is 0. The van der Waals surface area contributed by atoms with Crippen LogP contribution in [-0.2, 0) is 6.42 Å². The van der Waals surface area contributed by atoms with Crippen LogP contribution in [0.2, 0.25) is 0 Å². The minimum Gasteiger partial charge on any atom is -0.331 e. The van der Waals surface area contributed by atoms with Gasteiger partial charge in [0.05, 0.1) is 21.8 Å². The zero-order valence-electron chi connectivity index (χ0n) is 13.2. The Bertz CT molecular complexity index is 704. The van der Waals surface area contributed by atoms with E-state index in [1.165, 1.54) is 11.1 Å². The van der Waals surface area contributed by atoms with E-state index in [2.05, 4.69) is 52.9 Å². The molecule has 0 saturated heterocycles. The Kier molecular flexibility index (Phi) is 5.63. The molecule has 0 aliphatic carbocycles. The maximum atomic E-state index is 5.34. The smallest absolute Gasteiger partial charge is 0.191 e. The number of nitrogens with one attached hydrogen (secondary N) is 2. The van der Waals surface area contributed by atoms with Crippen LogP contribution in [0.15, 0.2) is 28.8 Å². The van der Waals surface area contributed by atoms with Gasteiger partial charge in [-0.05, 0) is 50.5 Å². The second-order valence-corrected chi connectivity index (χ2v) is 6.26. The van der Waals surface area contributed by atoms with Gasteiger partial charge in [-0.15, -0.1) is 11.3 Å². The van der Waals surface area contributed by atoms with Crippen LogP contribution in [0.5, 0.6) is 0 Å². The van der Waals surface area contributed by atoms with Crippen molar-refractivity contribution in [1.29, 1.82) is 0 Å². The van der Waals surface area contributed by atoms with Gasteiger partial charge in [0, 0.05) is 5.69 Å². The number of thiocarbonyl (C=S) groups is 1. The lowest BCUT2D eigenvalue weighted by molar-refractivity contribution is 1.03. The topological polar surface area (TPSA) is 49.3 Å². The van der Waals surface area contributed by atoms with E-state index >= 15 is 0 Å². The van der Waals surface area contributed by atoms with Crippen molar-refractivity contribution in [3.63, 3.8) is 0 Å². The van der Waals surface area contributed by atoms with E-state index < -0.39 is 0 Å². The first-order chi connectivity index (χ1) is 10.5. The molecule has 2 rings (SSSR count). The lowest BCUT2D eigenvalue weighted by Gasteiger charge is -2.14. The van der Waals surface area contributed by atoms with Crippen LogP contribution in [0.25, 0.3) is 0 Å². The number of aryl methyl sites for hydroxylation is 3. The Morgan fingerprint density at radius 3 is 2.77 bits per heavy atom. The SMILES string of the molecule is CCc1cccc(C)c1NC(=S)NN=C(C)c1scnc1C. The first-order valence-electron chi connectivity index (χ1n) is 7.13. The molecule has 0 aliphatic heterocycles. The molecule has 4 nitrogen and oxygen atoms in total. The second kappa shape index (κ2) is 7.47. The van der Waals surface area contributed by atoms with E-state index in [0.717, 1.165) is 28.4 Å². The van der Waals surface area contributed by atoms with Gasteiger partial charge in [0.25, 0.3) is 0 Å². The van der Waals surface area contributed by atoms with Crippen molar-refractivity contribution in [1.82, 2.24) is 10.4 Å². The highest BCUT2D eigenvalue weighted by atomic mass is 32.1. The van der Waals surface area contributed by atoms with Crippen LogP contribution in [0.4, 0.5) is 5.69 Å². The highest BCUT2D eigenvalue weighted by molar-refractivity contribution is 7.80.